The van der Waals surface area contributed by atoms with E-state index in [1.807, 2.05) is 24.5 Å². The van der Waals surface area contributed by atoms with Crippen molar-refractivity contribution in [3.63, 3.8) is 0 Å². The van der Waals surface area contributed by atoms with Gasteiger partial charge in [0.2, 0.25) is 0 Å². The molecule has 1 fully saturated rings. The lowest BCUT2D eigenvalue weighted by Crippen LogP contribution is -2.37. The molecule has 0 aromatic carbocycles. The largest absolute Gasteiger partial charge is 0.347 e. The maximum absolute atomic E-state index is 12.6. The highest BCUT2D eigenvalue weighted by Crippen LogP contribution is 2.14. The average molecular weight is 350 g/mol. The molecule has 4 rings (SSSR count). The standard InChI is InChI=1S/C19H22N6O/c1-2-15-11-21-25-10-6-17(23-18(15)25)19(26)22-16-5-9-24(13-16)12-14-3-7-20-8-4-14/h3-4,6-8,10-11,16H,2,5,9,12-13H2,1H3,(H,22,26)/t16-/m0/s1. The predicted molar refractivity (Wildman–Crippen MR) is 97.8 cm³/mol. The molecule has 0 unspecified atom stereocenters. The van der Waals surface area contributed by atoms with Crippen LogP contribution in [0, 0.1) is 0 Å². The first kappa shape index (κ1) is 16.7. The molecule has 0 radical (unpaired) electrons. The number of hydrogen-bond donors (Lipinski definition) is 1. The number of fused-ring (bicyclic) bond motifs is 1. The van der Waals surface area contributed by atoms with Crippen molar-refractivity contribution in [3.05, 3.63) is 59.8 Å². The molecule has 4 heterocycles. The van der Waals surface area contributed by atoms with Gasteiger partial charge in [-0.2, -0.15) is 5.10 Å². The molecule has 0 bridgehead atoms. The lowest BCUT2D eigenvalue weighted by atomic mass is 10.2. The van der Waals surface area contributed by atoms with Crippen LogP contribution < -0.4 is 5.32 Å². The zero-order valence-electron chi connectivity index (χ0n) is 14.8. The first-order valence-corrected chi connectivity index (χ1v) is 8.98. The van der Waals surface area contributed by atoms with E-state index in [-0.39, 0.29) is 11.9 Å². The number of amides is 1. The first-order valence-electron chi connectivity index (χ1n) is 8.98. The Kier molecular flexibility index (Phi) is 4.62. The van der Waals surface area contributed by atoms with Crippen LogP contribution in [0.15, 0.2) is 43.0 Å². The van der Waals surface area contributed by atoms with Gasteiger partial charge in [-0.05, 0) is 36.6 Å². The van der Waals surface area contributed by atoms with Gasteiger partial charge in [-0.15, -0.1) is 0 Å². The van der Waals surface area contributed by atoms with E-state index in [1.54, 1.807) is 23.0 Å². The fraction of sp³-hybridized carbons (Fsp3) is 0.368. The van der Waals surface area contributed by atoms with Gasteiger partial charge in [0, 0.05) is 49.8 Å². The monoisotopic (exact) mass is 350 g/mol. The van der Waals surface area contributed by atoms with Crippen molar-refractivity contribution >= 4 is 11.6 Å². The van der Waals surface area contributed by atoms with Gasteiger partial charge in [-0.3, -0.25) is 14.7 Å². The molecule has 26 heavy (non-hydrogen) atoms. The highest BCUT2D eigenvalue weighted by molar-refractivity contribution is 5.93. The maximum atomic E-state index is 12.6. The minimum absolute atomic E-state index is 0.119. The number of likely N-dealkylation sites (tertiary alicyclic amines) is 1. The van der Waals surface area contributed by atoms with Crippen LogP contribution in [0.2, 0.25) is 0 Å². The zero-order valence-corrected chi connectivity index (χ0v) is 14.8. The van der Waals surface area contributed by atoms with Crippen molar-refractivity contribution in [1.82, 2.24) is 29.8 Å². The van der Waals surface area contributed by atoms with Gasteiger partial charge in [-0.1, -0.05) is 6.92 Å². The van der Waals surface area contributed by atoms with Crippen molar-refractivity contribution < 1.29 is 4.79 Å². The molecule has 3 aromatic rings. The third-order valence-corrected chi connectivity index (χ3v) is 4.82. The molecule has 0 aliphatic carbocycles. The summed E-state index contributed by atoms with van der Waals surface area (Å²) in [5, 5.41) is 7.37. The van der Waals surface area contributed by atoms with E-state index in [9.17, 15) is 4.79 Å². The number of hydrogen-bond acceptors (Lipinski definition) is 5. The van der Waals surface area contributed by atoms with Gasteiger partial charge < -0.3 is 5.32 Å². The van der Waals surface area contributed by atoms with E-state index >= 15 is 0 Å². The summed E-state index contributed by atoms with van der Waals surface area (Å²) in [6.45, 7) is 4.77. The Hall–Kier alpha value is -2.80. The summed E-state index contributed by atoms with van der Waals surface area (Å²) in [4.78, 5) is 23.5. The fourth-order valence-corrected chi connectivity index (χ4v) is 3.39. The molecule has 134 valence electrons. The average Bonchev–Trinajstić information content (AvgIpc) is 3.28. The van der Waals surface area contributed by atoms with Crippen LogP contribution in [-0.4, -0.2) is 49.5 Å². The number of nitrogens with zero attached hydrogens (tertiary/aromatic N) is 5. The SMILES string of the molecule is CCc1cnn2ccc(C(=O)N[C@H]3CCN(Cc4ccncc4)C3)nc12. The van der Waals surface area contributed by atoms with Gasteiger partial charge in [0.25, 0.3) is 5.91 Å². The summed E-state index contributed by atoms with van der Waals surface area (Å²) in [7, 11) is 0. The second kappa shape index (κ2) is 7.21. The molecule has 1 aliphatic heterocycles. The second-order valence-electron chi connectivity index (χ2n) is 6.65. The lowest BCUT2D eigenvalue weighted by molar-refractivity contribution is 0.0932. The molecule has 7 nitrogen and oxygen atoms in total. The van der Waals surface area contributed by atoms with Crippen LogP contribution in [0.1, 0.15) is 35.0 Å². The van der Waals surface area contributed by atoms with Gasteiger partial charge in [0.15, 0.2) is 5.65 Å². The summed E-state index contributed by atoms with van der Waals surface area (Å²) in [6, 6.07) is 5.93. The number of aromatic nitrogens is 4. The molecule has 0 saturated carbocycles. The molecular formula is C19H22N6O. The molecule has 1 aliphatic rings. The van der Waals surface area contributed by atoms with Crippen LogP contribution in [0.4, 0.5) is 0 Å². The minimum Gasteiger partial charge on any atom is -0.347 e. The van der Waals surface area contributed by atoms with Crippen molar-refractivity contribution in [1.29, 1.82) is 0 Å². The van der Waals surface area contributed by atoms with Gasteiger partial charge in [0.1, 0.15) is 5.69 Å². The summed E-state index contributed by atoms with van der Waals surface area (Å²) in [5.74, 6) is -0.119. The molecule has 1 saturated heterocycles. The first-order chi connectivity index (χ1) is 12.7. The fourth-order valence-electron chi connectivity index (χ4n) is 3.39. The highest BCUT2D eigenvalue weighted by Gasteiger charge is 2.24. The van der Waals surface area contributed by atoms with Crippen LogP contribution in [0.3, 0.4) is 0 Å². The van der Waals surface area contributed by atoms with Crippen molar-refractivity contribution in [2.24, 2.45) is 0 Å². The molecule has 1 atom stereocenters. The zero-order chi connectivity index (χ0) is 17.9. The van der Waals surface area contributed by atoms with Crippen molar-refractivity contribution in [3.8, 4) is 0 Å². The quantitative estimate of drug-likeness (QED) is 0.758. The van der Waals surface area contributed by atoms with Crippen molar-refractivity contribution in [2.75, 3.05) is 13.1 Å². The summed E-state index contributed by atoms with van der Waals surface area (Å²) < 4.78 is 1.71. The summed E-state index contributed by atoms with van der Waals surface area (Å²) in [5.41, 5.74) is 3.49. The Labute approximate surface area is 152 Å². The number of nitrogens with one attached hydrogen (secondary N) is 1. The number of carbonyl (C=O) groups excluding carboxylic acids is 1. The van der Waals surface area contributed by atoms with E-state index in [1.165, 1.54) is 5.56 Å². The third-order valence-electron chi connectivity index (χ3n) is 4.82. The van der Waals surface area contributed by atoms with E-state index in [0.29, 0.717) is 5.69 Å². The van der Waals surface area contributed by atoms with E-state index in [2.05, 4.69) is 32.2 Å². The van der Waals surface area contributed by atoms with Crippen LogP contribution in [-0.2, 0) is 13.0 Å². The smallest absolute Gasteiger partial charge is 0.270 e. The van der Waals surface area contributed by atoms with Gasteiger partial charge >= 0.3 is 0 Å². The molecule has 0 spiro atoms. The Morgan fingerprint density at radius 1 is 1.31 bits per heavy atom. The van der Waals surface area contributed by atoms with Crippen LogP contribution in [0.25, 0.3) is 5.65 Å². The Morgan fingerprint density at radius 2 is 2.15 bits per heavy atom. The summed E-state index contributed by atoms with van der Waals surface area (Å²) in [6.07, 6.45) is 9.01. The van der Waals surface area contributed by atoms with Crippen molar-refractivity contribution in [2.45, 2.75) is 32.4 Å². The van der Waals surface area contributed by atoms with Crippen LogP contribution in [0.5, 0.6) is 0 Å². The lowest BCUT2D eigenvalue weighted by Gasteiger charge is -2.16. The van der Waals surface area contributed by atoms with Crippen LogP contribution >= 0.6 is 0 Å². The van der Waals surface area contributed by atoms with E-state index < -0.39 is 0 Å². The molecule has 7 heteroatoms. The maximum Gasteiger partial charge on any atom is 0.270 e. The number of carbonyl (C=O) groups is 1. The normalized spacial score (nSPS) is 17.7. The van der Waals surface area contributed by atoms with Gasteiger partial charge in [-0.25, -0.2) is 9.50 Å². The highest BCUT2D eigenvalue weighted by atomic mass is 16.2. The molecule has 1 amide bonds. The minimum atomic E-state index is -0.119. The Morgan fingerprint density at radius 3 is 2.96 bits per heavy atom. The number of rotatable bonds is 5. The third kappa shape index (κ3) is 3.43. The molecule has 3 aromatic heterocycles. The van der Waals surface area contributed by atoms with E-state index in [4.69, 9.17) is 0 Å². The number of pyridine rings is 1. The summed E-state index contributed by atoms with van der Waals surface area (Å²) >= 11 is 0. The Bertz CT molecular complexity index is 907. The topological polar surface area (TPSA) is 75.4 Å². The molecular weight excluding hydrogens is 328 g/mol. The molecule has 1 N–H and O–H groups in total. The predicted octanol–water partition coefficient (Wildman–Crippen LogP) is 1.69. The van der Waals surface area contributed by atoms with E-state index in [0.717, 1.165) is 43.7 Å². The number of aryl methyl sites for hydroxylation is 1. The second-order valence-corrected chi connectivity index (χ2v) is 6.65. The Balaban J connectivity index is 1.39. The van der Waals surface area contributed by atoms with Gasteiger partial charge in [0.05, 0.1) is 6.20 Å².